The molecule has 0 aliphatic carbocycles. The van der Waals surface area contributed by atoms with Crippen molar-refractivity contribution in [3.05, 3.63) is 54.7 Å². The number of rotatable bonds is 3. The lowest BCUT2D eigenvalue weighted by atomic mass is 10.0. The van der Waals surface area contributed by atoms with Crippen molar-refractivity contribution < 1.29 is 31.2 Å². The zero-order chi connectivity index (χ0) is 21.2. The molecule has 1 aromatic heterocycles. The quantitative estimate of drug-likeness (QED) is 0.221. The first-order valence-corrected chi connectivity index (χ1v) is 9.99. The number of hydrogen-bond donors (Lipinski definition) is 0. The van der Waals surface area contributed by atoms with Crippen LogP contribution in [0.15, 0.2) is 54.7 Å². The molecule has 0 aliphatic heterocycles. The predicted molar refractivity (Wildman–Crippen MR) is 110 cm³/mol. The van der Waals surface area contributed by atoms with Crippen molar-refractivity contribution in [1.82, 2.24) is 0 Å². The highest BCUT2D eigenvalue weighted by Gasteiger charge is 2.16. The Labute approximate surface area is 169 Å². The van der Waals surface area contributed by atoms with Gasteiger partial charge in [-0.05, 0) is 29.7 Å². The smallest absolute Gasteiger partial charge is 0.220 e. The third-order valence-corrected chi connectivity index (χ3v) is 5.04. The second-order valence-corrected chi connectivity index (χ2v) is 7.44. The molecule has 0 amide bonds. The third-order valence-electron chi connectivity index (χ3n) is 4.64. The number of nitrogens with zero attached hydrogens (tertiary/aromatic N) is 1. The fraction of sp³-hybridized carbons (Fsp3) is 0.190. The fourth-order valence-electron chi connectivity index (χ4n) is 3.36. The molecule has 0 saturated heterocycles. The van der Waals surface area contributed by atoms with Gasteiger partial charge in [-0.2, -0.15) is 4.57 Å². The van der Waals surface area contributed by atoms with Crippen LogP contribution in [-0.2, 0) is 21.6 Å². The second-order valence-electron chi connectivity index (χ2n) is 6.29. The van der Waals surface area contributed by atoms with Gasteiger partial charge in [-0.3, -0.25) is 4.18 Å². The molecule has 0 radical (unpaired) electrons. The molecule has 8 heteroatoms. The van der Waals surface area contributed by atoms with Crippen LogP contribution >= 0.6 is 0 Å². The Bertz CT molecular complexity index is 1300. The first-order chi connectivity index (χ1) is 13.8. The van der Waals surface area contributed by atoms with E-state index in [4.69, 9.17) is 9.47 Å². The molecular weight excluding hydrogens is 394 g/mol. The Morgan fingerprint density at radius 3 is 2.07 bits per heavy atom. The standard InChI is InChI=1S/C20H18NO2.CH4O4S/c1-21-12-14-10-18(22-2)19(23-3)11-17(14)16-9-8-13-6-4-5-7-15(13)20(16)21;1-5-6(2,3)4/h4-12H,1-3H3;1H3,(H,2,3,4)/q+1;/p-1. The van der Waals surface area contributed by atoms with Crippen LogP contribution in [0.1, 0.15) is 0 Å². The Morgan fingerprint density at radius 1 is 0.828 bits per heavy atom. The summed E-state index contributed by atoms with van der Waals surface area (Å²) >= 11 is 0. The van der Waals surface area contributed by atoms with Crippen molar-refractivity contribution in [2.75, 3.05) is 21.3 Å². The van der Waals surface area contributed by atoms with Crippen molar-refractivity contribution in [2.24, 2.45) is 7.05 Å². The molecule has 1 heterocycles. The average molecular weight is 415 g/mol. The van der Waals surface area contributed by atoms with E-state index >= 15 is 0 Å². The van der Waals surface area contributed by atoms with Gasteiger partial charge in [0.05, 0.1) is 37.5 Å². The zero-order valence-corrected chi connectivity index (χ0v) is 17.3. The topological polar surface area (TPSA) is 88.8 Å². The summed E-state index contributed by atoms with van der Waals surface area (Å²) in [6.45, 7) is 0. The fourth-order valence-corrected chi connectivity index (χ4v) is 3.36. The lowest BCUT2D eigenvalue weighted by Crippen LogP contribution is -2.28. The number of benzene rings is 3. The maximum absolute atomic E-state index is 9.22. The largest absolute Gasteiger partial charge is 0.726 e. The summed E-state index contributed by atoms with van der Waals surface area (Å²) in [5.41, 5.74) is 1.22. The van der Waals surface area contributed by atoms with Gasteiger partial charge in [0.1, 0.15) is 7.05 Å². The Hall–Kier alpha value is -2.94. The van der Waals surface area contributed by atoms with Gasteiger partial charge in [0, 0.05) is 5.39 Å². The number of fused-ring (bicyclic) bond motifs is 5. The Kier molecular flexibility index (Phi) is 5.88. The lowest BCUT2D eigenvalue weighted by molar-refractivity contribution is -0.642. The van der Waals surface area contributed by atoms with Crippen molar-refractivity contribution in [3.63, 3.8) is 0 Å². The number of aryl methyl sites for hydroxylation is 1. The maximum atomic E-state index is 9.22. The lowest BCUT2D eigenvalue weighted by Gasteiger charge is -2.11. The molecule has 0 atom stereocenters. The molecule has 0 bridgehead atoms. The van der Waals surface area contributed by atoms with Gasteiger partial charge in [0.25, 0.3) is 0 Å². The summed E-state index contributed by atoms with van der Waals surface area (Å²) in [6, 6.07) is 16.9. The minimum absolute atomic E-state index is 0.750. The molecule has 3 aromatic carbocycles. The van der Waals surface area contributed by atoms with Crippen molar-refractivity contribution in [3.8, 4) is 11.5 Å². The molecule has 0 N–H and O–H groups in total. The number of methoxy groups -OCH3 is 2. The molecule has 7 nitrogen and oxygen atoms in total. The molecule has 29 heavy (non-hydrogen) atoms. The van der Waals surface area contributed by atoms with E-state index in [-0.39, 0.29) is 0 Å². The van der Waals surface area contributed by atoms with Crippen LogP contribution in [0.3, 0.4) is 0 Å². The van der Waals surface area contributed by atoms with Crippen LogP contribution in [-0.4, -0.2) is 34.3 Å². The van der Waals surface area contributed by atoms with E-state index in [1.807, 2.05) is 6.07 Å². The first-order valence-electron chi connectivity index (χ1n) is 8.66. The molecule has 152 valence electrons. The summed E-state index contributed by atoms with van der Waals surface area (Å²) in [7, 11) is 1.82. The predicted octanol–water partition coefficient (Wildman–Crippen LogP) is 3.08. The first kappa shape index (κ1) is 20.8. The van der Waals surface area contributed by atoms with Crippen molar-refractivity contribution >= 4 is 42.8 Å². The van der Waals surface area contributed by atoms with Crippen LogP contribution in [0.5, 0.6) is 11.5 Å². The van der Waals surface area contributed by atoms with Crippen LogP contribution in [0, 0.1) is 0 Å². The van der Waals surface area contributed by atoms with Crippen LogP contribution in [0.4, 0.5) is 0 Å². The second kappa shape index (κ2) is 8.20. The van der Waals surface area contributed by atoms with Crippen LogP contribution < -0.4 is 14.0 Å². The van der Waals surface area contributed by atoms with Crippen LogP contribution in [0.2, 0.25) is 0 Å². The van der Waals surface area contributed by atoms with Gasteiger partial charge in [0.15, 0.2) is 17.7 Å². The molecular formula is C21H21NO6S. The highest BCUT2D eigenvalue weighted by molar-refractivity contribution is 7.80. The molecule has 4 rings (SSSR count). The average Bonchev–Trinajstić information content (AvgIpc) is 2.72. The van der Waals surface area contributed by atoms with Gasteiger partial charge < -0.3 is 14.0 Å². The SMILES string of the molecule is COS(=O)(=O)[O-].COc1cc2c[n+](C)c3c4ccccc4ccc3c2cc1OC. The Morgan fingerprint density at radius 2 is 1.45 bits per heavy atom. The highest BCUT2D eigenvalue weighted by Crippen LogP contribution is 2.35. The maximum Gasteiger partial charge on any atom is 0.220 e. The minimum Gasteiger partial charge on any atom is -0.726 e. The highest BCUT2D eigenvalue weighted by atomic mass is 32.3. The van der Waals surface area contributed by atoms with Crippen molar-refractivity contribution in [2.45, 2.75) is 0 Å². The normalized spacial score (nSPS) is 11.3. The zero-order valence-electron chi connectivity index (χ0n) is 16.5. The third kappa shape index (κ3) is 4.24. The van der Waals surface area contributed by atoms with E-state index < -0.39 is 10.4 Å². The van der Waals surface area contributed by atoms with Gasteiger partial charge in [-0.25, -0.2) is 8.42 Å². The molecule has 4 aromatic rings. The number of ether oxygens (including phenoxy) is 2. The van der Waals surface area contributed by atoms with E-state index in [1.165, 1.54) is 27.1 Å². The summed E-state index contributed by atoms with van der Waals surface area (Å²) < 4.78 is 44.1. The van der Waals surface area contributed by atoms with Crippen LogP contribution in [0.25, 0.3) is 32.4 Å². The van der Waals surface area contributed by atoms with E-state index in [1.54, 1.807) is 14.2 Å². The van der Waals surface area contributed by atoms with Gasteiger partial charge in [-0.15, -0.1) is 0 Å². The summed E-state index contributed by atoms with van der Waals surface area (Å²) in [4.78, 5) is 0. The summed E-state index contributed by atoms with van der Waals surface area (Å²) in [5.74, 6) is 1.50. The van der Waals surface area contributed by atoms with Gasteiger partial charge in [-0.1, -0.05) is 24.3 Å². The number of pyridine rings is 1. The minimum atomic E-state index is -4.41. The molecule has 0 saturated carbocycles. The van der Waals surface area contributed by atoms with E-state index in [0.29, 0.717) is 0 Å². The van der Waals surface area contributed by atoms with E-state index in [0.717, 1.165) is 24.0 Å². The summed E-state index contributed by atoms with van der Waals surface area (Å²) in [6.07, 6.45) is 2.14. The molecule has 0 unspecified atom stereocenters. The molecule has 0 aliphatic rings. The van der Waals surface area contributed by atoms with E-state index in [9.17, 15) is 13.0 Å². The van der Waals surface area contributed by atoms with Gasteiger partial charge in [0.2, 0.25) is 15.9 Å². The Balaban J connectivity index is 0.000000353. The number of aromatic nitrogens is 1. The van der Waals surface area contributed by atoms with Crippen molar-refractivity contribution in [1.29, 1.82) is 0 Å². The summed E-state index contributed by atoms with van der Waals surface area (Å²) in [5, 5.41) is 6.01. The van der Waals surface area contributed by atoms with E-state index in [2.05, 4.69) is 64.5 Å². The molecule has 0 spiro atoms. The molecule has 0 fully saturated rings. The monoisotopic (exact) mass is 415 g/mol. The number of hydrogen-bond acceptors (Lipinski definition) is 6. The van der Waals surface area contributed by atoms with Gasteiger partial charge >= 0.3 is 0 Å².